The monoisotopic (exact) mass is 413 g/mol. The normalized spacial score (nSPS) is 21.1. The van der Waals surface area contributed by atoms with E-state index in [-0.39, 0.29) is 11.8 Å². The Morgan fingerprint density at radius 3 is 2.71 bits per heavy atom. The summed E-state index contributed by atoms with van der Waals surface area (Å²) in [5, 5.41) is 14.4. The van der Waals surface area contributed by atoms with Gasteiger partial charge in [0.15, 0.2) is 11.5 Å². The van der Waals surface area contributed by atoms with Crippen LogP contribution in [-0.4, -0.2) is 18.8 Å². The minimum atomic E-state index is 0.0208. The summed E-state index contributed by atoms with van der Waals surface area (Å²) in [6.45, 7) is 0.653. The SMILES string of the molecule is COc1cccc(C2Nc3ccc(OCCc4ccccc4)cc3C3C=CCC32)c1O. The third-order valence-corrected chi connectivity index (χ3v) is 6.42. The number of benzene rings is 3. The van der Waals surface area contributed by atoms with E-state index < -0.39 is 0 Å². The third kappa shape index (κ3) is 3.74. The number of rotatable bonds is 6. The van der Waals surface area contributed by atoms with Crippen molar-refractivity contribution in [2.45, 2.75) is 24.8 Å². The minimum absolute atomic E-state index is 0.0208. The molecular formula is C27H27NO3. The first-order chi connectivity index (χ1) is 15.2. The Hall–Kier alpha value is -3.40. The molecule has 158 valence electrons. The van der Waals surface area contributed by atoms with Crippen molar-refractivity contribution in [2.24, 2.45) is 5.92 Å². The van der Waals surface area contributed by atoms with Crippen LogP contribution in [0.5, 0.6) is 17.2 Å². The van der Waals surface area contributed by atoms with Crippen molar-refractivity contribution in [3.63, 3.8) is 0 Å². The van der Waals surface area contributed by atoms with Crippen LogP contribution in [0, 0.1) is 5.92 Å². The third-order valence-electron chi connectivity index (χ3n) is 6.42. The fraction of sp³-hybridized carbons (Fsp3) is 0.259. The molecule has 0 saturated heterocycles. The molecule has 0 radical (unpaired) electrons. The maximum atomic E-state index is 10.7. The van der Waals surface area contributed by atoms with Gasteiger partial charge in [-0.05, 0) is 47.7 Å². The number of fused-ring (bicyclic) bond motifs is 3. The molecule has 31 heavy (non-hydrogen) atoms. The number of nitrogens with one attached hydrogen (secondary N) is 1. The molecule has 4 heteroatoms. The van der Waals surface area contributed by atoms with E-state index in [2.05, 4.69) is 53.9 Å². The van der Waals surface area contributed by atoms with Gasteiger partial charge in [-0.3, -0.25) is 0 Å². The van der Waals surface area contributed by atoms with E-state index in [0.29, 0.717) is 24.2 Å². The quantitative estimate of drug-likeness (QED) is 0.498. The second kappa shape index (κ2) is 8.38. The number of phenolic OH excluding ortho intramolecular Hbond substituents is 1. The van der Waals surface area contributed by atoms with Crippen molar-refractivity contribution in [3.8, 4) is 17.2 Å². The maximum absolute atomic E-state index is 10.7. The van der Waals surface area contributed by atoms with E-state index in [1.807, 2.05) is 24.3 Å². The fourth-order valence-electron chi connectivity index (χ4n) is 4.86. The maximum Gasteiger partial charge on any atom is 0.163 e. The van der Waals surface area contributed by atoms with Gasteiger partial charge < -0.3 is 19.9 Å². The summed E-state index contributed by atoms with van der Waals surface area (Å²) in [6.07, 6.45) is 6.40. The van der Waals surface area contributed by atoms with Crippen LogP contribution < -0.4 is 14.8 Å². The summed E-state index contributed by atoms with van der Waals surface area (Å²) >= 11 is 0. The molecule has 0 aromatic heterocycles. The van der Waals surface area contributed by atoms with Crippen LogP contribution in [0.4, 0.5) is 5.69 Å². The topological polar surface area (TPSA) is 50.7 Å². The number of anilines is 1. The van der Waals surface area contributed by atoms with Crippen molar-refractivity contribution >= 4 is 5.69 Å². The Labute approximate surface area is 183 Å². The predicted octanol–water partition coefficient (Wildman–Crippen LogP) is 5.85. The molecule has 0 bridgehead atoms. The standard InChI is InChI=1S/C27H27NO3/c1-30-25-12-6-11-22(27(25)29)26-21-10-5-9-20(21)23-17-19(13-14-24(23)28-26)31-16-15-18-7-3-2-4-8-18/h2-9,11-14,17,20-21,26,28-29H,10,15-16H2,1H3. The first kappa shape index (κ1) is 19.6. The van der Waals surface area contributed by atoms with E-state index in [1.165, 1.54) is 11.1 Å². The number of hydrogen-bond donors (Lipinski definition) is 2. The van der Waals surface area contributed by atoms with Gasteiger partial charge in [0.05, 0.1) is 19.8 Å². The smallest absolute Gasteiger partial charge is 0.163 e. The predicted molar refractivity (Wildman–Crippen MR) is 123 cm³/mol. The van der Waals surface area contributed by atoms with Gasteiger partial charge in [0.1, 0.15) is 5.75 Å². The molecule has 2 N–H and O–H groups in total. The molecule has 5 rings (SSSR count). The minimum Gasteiger partial charge on any atom is -0.504 e. The summed E-state index contributed by atoms with van der Waals surface area (Å²) in [5.74, 6) is 2.26. The van der Waals surface area contributed by atoms with Crippen LogP contribution >= 0.6 is 0 Å². The highest BCUT2D eigenvalue weighted by atomic mass is 16.5. The summed E-state index contributed by atoms with van der Waals surface area (Å²) in [6, 6.07) is 22.4. The molecule has 0 saturated carbocycles. The van der Waals surface area contributed by atoms with Crippen LogP contribution in [0.15, 0.2) is 78.9 Å². The average Bonchev–Trinajstić information content (AvgIpc) is 3.30. The molecule has 0 fully saturated rings. The van der Waals surface area contributed by atoms with Crippen LogP contribution in [0.25, 0.3) is 0 Å². The average molecular weight is 414 g/mol. The van der Waals surface area contributed by atoms with Gasteiger partial charge in [-0.2, -0.15) is 0 Å². The van der Waals surface area contributed by atoms with Crippen molar-refractivity contribution in [2.75, 3.05) is 19.0 Å². The Morgan fingerprint density at radius 1 is 1.00 bits per heavy atom. The Balaban J connectivity index is 1.38. The fourth-order valence-corrected chi connectivity index (χ4v) is 4.86. The summed E-state index contributed by atoms with van der Waals surface area (Å²) in [4.78, 5) is 0. The molecule has 0 spiro atoms. The number of hydrogen-bond acceptors (Lipinski definition) is 4. The molecule has 0 amide bonds. The van der Waals surface area contributed by atoms with Gasteiger partial charge in [0, 0.05) is 23.6 Å². The molecule has 3 aromatic rings. The molecule has 3 aromatic carbocycles. The van der Waals surface area contributed by atoms with Crippen LogP contribution in [0.3, 0.4) is 0 Å². The molecule has 1 aliphatic heterocycles. The van der Waals surface area contributed by atoms with E-state index in [0.717, 1.165) is 29.8 Å². The number of methoxy groups -OCH3 is 1. The van der Waals surface area contributed by atoms with Gasteiger partial charge in [0.2, 0.25) is 0 Å². The number of para-hydroxylation sites is 1. The highest BCUT2D eigenvalue weighted by molar-refractivity contribution is 5.63. The number of aromatic hydroxyl groups is 1. The van der Waals surface area contributed by atoms with E-state index >= 15 is 0 Å². The Kier molecular flexibility index (Phi) is 5.29. The number of ether oxygens (including phenoxy) is 2. The van der Waals surface area contributed by atoms with Crippen molar-refractivity contribution in [1.82, 2.24) is 0 Å². The lowest BCUT2D eigenvalue weighted by Gasteiger charge is -2.38. The Morgan fingerprint density at radius 2 is 1.87 bits per heavy atom. The van der Waals surface area contributed by atoms with Crippen molar-refractivity contribution < 1.29 is 14.6 Å². The van der Waals surface area contributed by atoms with E-state index in [9.17, 15) is 5.11 Å². The molecular weight excluding hydrogens is 386 g/mol. The zero-order valence-electron chi connectivity index (χ0n) is 17.6. The zero-order valence-corrected chi connectivity index (χ0v) is 17.6. The highest BCUT2D eigenvalue weighted by Gasteiger charge is 2.39. The molecule has 3 atom stereocenters. The summed E-state index contributed by atoms with van der Waals surface area (Å²) in [7, 11) is 1.59. The van der Waals surface area contributed by atoms with Gasteiger partial charge in [-0.25, -0.2) is 0 Å². The zero-order chi connectivity index (χ0) is 21.2. The van der Waals surface area contributed by atoms with E-state index in [1.54, 1.807) is 13.2 Å². The van der Waals surface area contributed by atoms with Crippen molar-refractivity contribution in [3.05, 3.63) is 95.6 Å². The Bertz CT molecular complexity index is 1090. The molecule has 1 aliphatic carbocycles. The number of phenols is 1. The second-order valence-corrected chi connectivity index (χ2v) is 8.21. The lowest BCUT2D eigenvalue weighted by Crippen LogP contribution is -2.29. The molecule has 2 aliphatic rings. The highest BCUT2D eigenvalue weighted by Crippen LogP contribution is 2.52. The molecule has 4 nitrogen and oxygen atoms in total. The largest absolute Gasteiger partial charge is 0.504 e. The molecule has 1 heterocycles. The molecule has 3 unspecified atom stereocenters. The van der Waals surface area contributed by atoms with Crippen LogP contribution in [0.1, 0.15) is 35.1 Å². The van der Waals surface area contributed by atoms with Gasteiger partial charge in [0.25, 0.3) is 0 Å². The first-order valence-electron chi connectivity index (χ1n) is 10.8. The number of allylic oxidation sites excluding steroid dienone is 2. The van der Waals surface area contributed by atoms with Crippen molar-refractivity contribution in [1.29, 1.82) is 0 Å². The second-order valence-electron chi connectivity index (χ2n) is 8.21. The van der Waals surface area contributed by atoms with Gasteiger partial charge in [-0.1, -0.05) is 54.6 Å². The van der Waals surface area contributed by atoms with Gasteiger partial charge in [-0.15, -0.1) is 0 Å². The van der Waals surface area contributed by atoms with Crippen LogP contribution in [-0.2, 0) is 6.42 Å². The summed E-state index contributed by atoms with van der Waals surface area (Å²) < 4.78 is 11.4. The lowest BCUT2D eigenvalue weighted by atomic mass is 9.76. The van der Waals surface area contributed by atoms with Crippen LogP contribution in [0.2, 0.25) is 0 Å². The van der Waals surface area contributed by atoms with Gasteiger partial charge >= 0.3 is 0 Å². The lowest BCUT2D eigenvalue weighted by molar-refractivity contribution is 0.320. The first-order valence-corrected chi connectivity index (χ1v) is 10.8. The summed E-state index contributed by atoms with van der Waals surface area (Å²) in [5.41, 5.74) is 4.51. The van der Waals surface area contributed by atoms with E-state index in [4.69, 9.17) is 9.47 Å².